The molecule has 0 unspecified atom stereocenters. The van der Waals surface area contributed by atoms with Gasteiger partial charge in [0, 0.05) is 4.47 Å². The highest BCUT2D eigenvalue weighted by Crippen LogP contribution is 2.20. The summed E-state index contributed by atoms with van der Waals surface area (Å²) in [5.74, 6) is 0.415. The van der Waals surface area contributed by atoms with Crippen molar-refractivity contribution >= 4 is 21.7 Å². The van der Waals surface area contributed by atoms with Crippen LogP contribution in [0.5, 0.6) is 0 Å². The molecule has 0 atom stereocenters. The SMILES string of the molecule is Cc1ccc(Br)c(-n2ncc(N)n2)c1. The van der Waals surface area contributed by atoms with Gasteiger partial charge in [0.25, 0.3) is 0 Å². The first kappa shape index (κ1) is 9.21. The number of aromatic nitrogens is 3. The minimum atomic E-state index is 0.415. The van der Waals surface area contributed by atoms with Gasteiger partial charge >= 0.3 is 0 Å². The Hall–Kier alpha value is -1.36. The molecule has 1 aromatic carbocycles. The molecule has 1 heterocycles. The zero-order valence-corrected chi connectivity index (χ0v) is 9.19. The summed E-state index contributed by atoms with van der Waals surface area (Å²) in [5, 5.41) is 8.07. The first-order valence-electron chi connectivity index (χ1n) is 4.11. The van der Waals surface area contributed by atoms with E-state index in [2.05, 4.69) is 26.1 Å². The van der Waals surface area contributed by atoms with Gasteiger partial charge in [0.15, 0.2) is 5.82 Å². The summed E-state index contributed by atoms with van der Waals surface area (Å²) < 4.78 is 0.943. The maximum atomic E-state index is 5.49. The van der Waals surface area contributed by atoms with E-state index in [-0.39, 0.29) is 0 Å². The van der Waals surface area contributed by atoms with E-state index in [1.54, 1.807) is 0 Å². The Morgan fingerprint density at radius 1 is 1.43 bits per heavy atom. The van der Waals surface area contributed by atoms with E-state index >= 15 is 0 Å². The van der Waals surface area contributed by atoms with Crippen molar-refractivity contribution in [3.8, 4) is 5.69 Å². The summed E-state index contributed by atoms with van der Waals surface area (Å²) in [7, 11) is 0. The van der Waals surface area contributed by atoms with Crippen molar-refractivity contribution in [2.24, 2.45) is 0 Å². The molecule has 0 aliphatic heterocycles. The number of nitrogens with zero attached hydrogens (tertiary/aromatic N) is 3. The smallest absolute Gasteiger partial charge is 0.166 e. The van der Waals surface area contributed by atoms with E-state index in [0.29, 0.717) is 5.82 Å². The average molecular weight is 253 g/mol. The maximum absolute atomic E-state index is 5.49. The molecule has 14 heavy (non-hydrogen) atoms. The van der Waals surface area contributed by atoms with Crippen LogP contribution in [0.4, 0.5) is 5.82 Å². The van der Waals surface area contributed by atoms with E-state index in [1.807, 2.05) is 25.1 Å². The van der Waals surface area contributed by atoms with Crippen LogP contribution in [0.2, 0.25) is 0 Å². The van der Waals surface area contributed by atoms with Gasteiger partial charge in [0.05, 0.1) is 6.20 Å². The third-order valence-electron chi connectivity index (χ3n) is 1.83. The summed E-state index contributed by atoms with van der Waals surface area (Å²) in [5.41, 5.74) is 7.54. The highest BCUT2D eigenvalue weighted by Gasteiger charge is 2.04. The minimum absolute atomic E-state index is 0.415. The van der Waals surface area contributed by atoms with Crippen LogP contribution in [0, 0.1) is 6.92 Å². The molecule has 0 saturated carbocycles. The van der Waals surface area contributed by atoms with E-state index in [1.165, 1.54) is 11.0 Å². The van der Waals surface area contributed by atoms with Gasteiger partial charge in [0.1, 0.15) is 5.69 Å². The standard InChI is InChI=1S/C9H9BrN4/c1-6-2-3-7(10)8(4-6)14-12-5-9(11)13-14/h2-5H,1H3,(H2,11,13). The molecular formula is C9H9BrN4. The largest absolute Gasteiger partial charge is 0.381 e. The summed E-state index contributed by atoms with van der Waals surface area (Å²) >= 11 is 3.43. The van der Waals surface area contributed by atoms with Crippen molar-refractivity contribution in [1.82, 2.24) is 15.0 Å². The molecule has 2 N–H and O–H groups in total. The summed E-state index contributed by atoms with van der Waals surface area (Å²) in [6, 6.07) is 5.97. The fourth-order valence-electron chi connectivity index (χ4n) is 1.17. The summed E-state index contributed by atoms with van der Waals surface area (Å²) in [6.07, 6.45) is 1.52. The normalized spacial score (nSPS) is 10.4. The van der Waals surface area contributed by atoms with Crippen molar-refractivity contribution in [3.63, 3.8) is 0 Å². The molecule has 5 heteroatoms. The van der Waals surface area contributed by atoms with Crippen LogP contribution in [-0.4, -0.2) is 15.0 Å². The maximum Gasteiger partial charge on any atom is 0.166 e. The number of benzene rings is 1. The van der Waals surface area contributed by atoms with Crippen molar-refractivity contribution in [3.05, 3.63) is 34.4 Å². The quantitative estimate of drug-likeness (QED) is 0.844. The van der Waals surface area contributed by atoms with Gasteiger partial charge < -0.3 is 5.73 Å². The number of nitrogens with two attached hydrogens (primary N) is 1. The zero-order valence-electron chi connectivity index (χ0n) is 7.61. The molecule has 0 spiro atoms. The van der Waals surface area contributed by atoms with Gasteiger partial charge in [0.2, 0.25) is 0 Å². The molecule has 72 valence electrons. The fraction of sp³-hybridized carbons (Fsp3) is 0.111. The second-order valence-electron chi connectivity index (χ2n) is 3.01. The second kappa shape index (κ2) is 3.42. The van der Waals surface area contributed by atoms with Crippen LogP contribution in [0.3, 0.4) is 0 Å². The molecule has 0 fully saturated rings. The number of hydrogen-bond acceptors (Lipinski definition) is 3. The second-order valence-corrected chi connectivity index (χ2v) is 3.87. The predicted octanol–water partition coefficient (Wildman–Crippen LogP) is 1.92. The van der Waals surface area contributed by atoms with E-state index in [9.17, 15) is 0 Å². The molecule has 0 aliphatic carbocycles. The lowest BCUT2D eigenvalue weighted by Crippen LogP contribution is -2.00. The van der Waals surface area contributed by atoms with Gasteiger partial charge in [-0.25, -0.2) is 0 Å². The first-order chi connectivity index (χ1) is 6.66. The van der Waals surface area contributed by atoms with Gasteiger partial charge in [-0.1, -0.05) is 6.07 Å². The summed E-state index contributed by atoms with van der Waals surface area (Å²) in [4.78, 5) is 1.51. The van der Waals surface area contributed by atoms with Crippen LogP contribution in [0.1, 0.15) is 5.56 Å². The lowest BCUT2D eigenvalue weighted by Gasteiger charge is -2.03. The number of hydrogen-bond donors (Lipinski definition) is 1. The highest BCUT2D eigenvalue weighted by atomic mass is 79.9. The third kappa shape index (κ3) is 1.63. The van der Waals surface area contributed by atoms with Crippen LogP contribution in [-0.2, 0) is 0 Å². The minimum Gasteiger partial charge on any atom is -0.381 e. The molecule has 0 bridgehead atoms. The molecule has 0 amide bonds. The van der Waals surface area contributed by atoms with Gasteiger partial charge in [-0.15, -0.1) is 9.90 Å². The highest BCUT2D eigenvalue weighted by molar-refractivity contribution is 9.10. The molecule has 0 radical (unpaired) electrons. The number of aryl methyl sites for hydroxylation is 1. The lowest BCUT2D eigenvalue weighted by atomic mass is 10.2. The number of nitrogen functional groups attached to an aromatic ring is 1. The molecule has 4 nitrogen and oxygen atoms in total. The third-order valence-corrected chi connectivity index (χ3v) is 2.50. The average Bonchev–Trinajstić information content (AvgIpc) is 2.56. The lowest BCUT2D eigenvalue weighted by molar-refractivity contribution is 0.750. The number of rotatable bonds is 1. The monoisotopic (exact) mass is 252 g/mol. The van der Waals surface area contributed by atoms with Crippen molar-refractivity contribution < 1.29 is 0 Å². The number of anilines is 1. The number of halogens is 1. The van der Waals surface area contributed by atoms with E-state index in [4.69, 9.17) is 5.73 Å². The summed E-state index contributed by atoms with van der Waals surface area (Å²) in [6.45, 7) is 2.02. The van der Waals surface area contributed by atoms with Crippen molar-refractivity contribution in [2.45, 2.75) is 6.92 Å². The molecule has 0 saturated heterocycles. The first-order valence-corrected chi connectivity index (χ1v) is 4.90. The van der Waals surface area contributed by atoms with E-state index in [0.717, 1.165) is 15.7 Å². The Morgan fingerprint density at radius 2 is 2.21 bits per heavy atom. The van der Waals surface area contributed by atoms with Crippen LogP contribution in [0.15, 0.2) is 28.9 Å². The predicted molar refractivity (Wildman–Crippen MR) is 58.2 cm³/mol. The van der Waals surface area contributed by atoms with Crippen molar-refractivity contribution in [1.29, 1.82) is 0 Å². The van der Waals surface area contributed by atoms with E-state index < -0.39 is 0 Å². The Bertz CT molecular complexity index is 464. The van der Waals surface area contributed by atoms with Crippen LogP contribution < -0.4 is 5.73 Å². The van der Waals surface area contributed by atoms with Gasteiger partial charge in [-0.3, -0.25) is 0 Å². The van der Waals surface area contributed by atoms with Gasteiger partial charge in [-0.05, 0) is 40.5 Å². The topological polar surface area (TPSA) is 56.7 Å². The van der Waals surface area contributed by atoms with Crippen molar-refractivity contribution in [2.75, 3.05) is 5.73 Å². The Kier molecular flexibility index (Phi) is 2.25. The van der Waals surface area contributed by atoms with Crippen LogP contribution >= 0.6 is 15.9 Å². The Morgan fingerprint density at radius 3 is 2.86 bits per heavy atom. The zero-order chi connectivity index (χ0) is 10.1. The molecule has 2 aromatic rings. The molecule has 2 rings (SSSR count). The van der Waals surface area contributed by atoms with Gasteiger partial charge in [-0.2, -0.15) is 5.10 Å². The fourth-order valence-corrected chi connectivity index (χ4v) is 1.57. The molecular weight excluding hydrogens is 244 g/mol. The van der Waals surface area contributed by atoms with Crippen LogP contribution in [0.25, 0.3) is 5.69 Å². The molecule has 1 aromatic heterocycles. The Balaban J connectivity index is 2.55. The Labute approximate surface area is 89.9 Å². The molecule has 0 aliphatic rings.